The van der Waals surface area contributed by atoms with Gasteiger partial charge in [0.1, 0.15) is 6.10 Å². The standard InChI is InChI=1S/C14H20O4S/c1-10(16)19-9-7-13(17)14(18)12-5-3-2-4-11(12)6-8-15/h2-5,13-15,17-18H,6-9H2,1H3. The molecule has 0 saturated heterocycles. The van der Waals surface area contributed by atoms with Gasteiger partial charge < -0.3 is 15.3 Å². The van der Waals surface area contributed by atoms with Gasteiger partial charge in [-0.3, -0.25) is 4.79 Å². The summed E-state index contributed by atoms with van der Waals surface area (Å²) in [6, 6.07) is 7.19. The number of hydrogen-bond donors (Lipinski definition) is 3. The minimum Gasteiger partial charge on any atom is -0.396 e. The topological polar surface area (TPSA) is 77.8 Å². The number of rotatable bonds is 7. The molecule has 1 aromatic carbocycles. The van der Waals surface area contributed by atoms with Gasteiger partial charge in [0.05, 0.1) is 6.10 Å². The van der Waals surface area contributed by atoms with Crippen LogP contribution in [0.4, 0.5) is 0 Å². The molecule has 0 aliphatic heterocycles. The average molecular weight is 284 g/mol. The maximum atomic E-state index is 10.8. The molecule has 0 heterocycles. The van der Waals surface area contributed by atoms with E-state index >= 15 is 0 Å². The molecule has 106 valence electrons. The van der Waals surface area contributed by atoms with Crippen molar-refractivity contribution in [2.24, 2.45) is 0 Å². The number of carbonyl (C=O) groups excluding carboxylic acids is 1. The molecule has 0 bridgehead atoms. The van der Waals surface area contributed by atoms with Gasteiger partial charge in [-0.2, -0.15) is 0 Å². The Hall–Kier alpha value is -0.880. The van der Waals surface area contributed by atoms with Crippen molar-refractivity contribution in [3.8, 4) is 0 Å². The van der Waals surface area contributed by atoms with Gasteiger partial charge in [-0.15, -0.1) is 0 Å². The van der Waals surface area contributed by atoms with Crippen LogP contribution < -0.4 is 0 Å². The van der Waals surface area contributed by atoms with E-state index in [1.54, 1.807) is 12.1 Å². The van der Waals surface area contributed by atoms with Crippen LogP contribution in [0.1, 0.15) is 30.6 Å². The second kappa shape index (κ2) is 8.32. The van der Waals surface area contributed by atoms with Crippen LogP contribution in [0.2, 0.25) is 0 Å². The Morgan fingerprint density at radius 1 is 1.32 bits per heavy atom. The summed E-state index contributed by atoms with van der Waals surface area (Å²) in [6.07, 6.45) is -1.11. The maximum Gasteiger partial charge on any atom is 0.185 e. The minimum atomic E-state index is -0.990. The molecule has 5 heteroatoms. The number of carbonyl (C=O) groups is 1. The molecule has 0 aliphatic carbocycles. The predicted molar refractivity (Wildman–Crippen MR) is 76.0 cm³/mol. The number of thioether (sulfide) groups is 1. The summed E-state index contributed by atoms with van der Waals surface area (Å²) in [4.78, 5) is 10.8. The lowest BCUT2D eigenvalue weighted by atomic mass is 9.96. The Balaban J connectivity index is 2.65. The summed E-state index contributed by atoms with van der Waals surface area (Å²) >= 11 is 1.14. The zero-order valence-electron chi connectivity index (χ0n) is 11.0. The fourth-order valence-corrected chi connectivity index (χ4v) is 2.51. The Kier molecular flexibility index (Phi) is 7.09. The predicted octanol–water partition coefficient (Wildman–Crippen LogP) is 1.29. The molecule has 0 spiro atoms. The normalized spacial score (nSPS) is 14.1. The molecule has 2 unspecified atom stereocenters. The lowest BCUT2D eigenvalue weighted by Crippen LogP contribution is -2.20. The molecule has 2 atom stereocenters. The quantitative estimate of drug-likeness (QED) is 0.703. The molecule has 0 radical (unpaired) electrons. The fraction of sp³-hybridized carbons (Fsp3) is 0.500. The first-order valence-corrected chi connectivity index (χ1v) is 7.23. The van der Waals surface area contributed by atoms with Crippen LogP contribution in [-0.2, 0) is 11.2 Å². The number of benzene rings is 1. The summed E-state index contributed by atoms with van der Waals surface area (Å²) in [7, 11) is 0. The smallest absolute Gasteiger partial charge is 0.185 e. The highest BCUT2D eigenvalue weighted by molar-refractivity contribution is 8.13. The lowest BCUT2D eigenvalue weighted by molar-refractivity contribution is -0.109. The zero-order valence-corrected chi connectivity index (χ0v) is 11.8. The maximum absolute atomic E-state index is 10.8. The summed E-state index contributed by atoms with van der Waals surface area (Å²) in [6.45, 7) is 1.48. The molecule has 1 aromatic rings. The Bertz CT molecular complexity index is 408. The van der Waals surface area contributed by atoms with Crippen molar-refractivity contribution in [3.05, 3.63) is 35.4 Å². The number of aliphatic hydroxyl groups is 3. The fourth-order valence-electron chi connectivity index (χ4n) is 1.86. The monoisotopic (exact) mass is 284 g/mol. The molecule has 0 fully saturated rings. The highest BCUT2D eigenvalue weighted by atomic mass is 32.2. The first-order valence-electron chi connectivity index (χ1n) is 6.24. The van der Waals surface area contributed by atoms with Crippen molar-refractivity contribution in [2.45, 2.75) is 32.0 Å². The lowest BCUT2D eigenvalue weighted by Gasteiger charge is -2.20. The highest BCUT2D eigenvalue weighted by Gasteiger charge is 2.20. The van der Waals surface area contributed by atoms with E-state index < -0.39 is 12.2 Å². The molecule has 1 rings (SSSR count). The van der Waals surface area contributed by atoms with E-state index in [-0.39, 0.29) is 11.7 Å². The van der Waals surface area contributed by atoms with Gasteiger partial charge in [-0.25, -0.2) is 0 Å². The van der Waals surface area contributed by atoms with Gasteiger partial charge in [0.15, 0.2) is 5.12 Å². The largest absolute Gasteiger partial charge is 0.396 e. The van der Waals surface area contributed by atoms with Crippen LogP contribution in [0, 0.1) is 0 Å². The highest BCUT2D eigenvalue weighted by Crippen LogP contribution is 2.24. The van der Waals surface area contributed by atoms with E-state index in [4.69, 9.17) is 5.11 Å². The Labute approximate surface area is 117 Å². The summed E-state index contributed by atoms with van der Waals surface area (Å²) < 4.78 is 0. The van der Waals surface area contributed by atoms with Crippen molar-refractivity contribution in [1.29, 1.82) is 0 Å². The van der Waals surface area contributed by atoms with E-state index in [2.05, 4.69) is 0 Å². The SMILES string of the molecule is CC(=O)SCCC(O)C(O)c1ccccc1CCO. The summed E-state index contributed by atoms with van der Waals surface area (Å²) in [5.74, 6) is 0.482. The molecule has 3 N–H and O–H groups in total. The third-order valence-electron chi connectivity index (χ3n) is 2.84. The second-order valence-electron chi connectivity index (χ2n) is 4.31. The van der Waals surface area contributed by atoms with Crippen molar-refractivity contribution >= 4 is 16.9 Å². The third-order valence-corrected chi connectivity index (χ3v) is 3.68. The number of aliphatic hydroxyl groups excluding tert-OH is 3. The second-order valence-corrected chi connectivity index (χ2v) is 5.59. The summed E-state index contributed by atoms with van der Waals surface area (Å²) in [5, 5.41) is 29.1. The van der Waals surface area contributed by atoms with E-state index in [1.165, 1.54) is 6.92 Å². The van der Waals surface area contributed by atoms with Gasteiger partial charge in [0, 0.05) is 19.3 Å². The van der Waals surface area contributed by atoms with Gasteiger partial charge in [-0.1, -0.05) is 36.0 Å². The molecular formula is C14H20O4S. The van der Waals surface area contributed by atoms with Crippen molar-refractivity contribution < 1.29 is 20.1 Å². The van der Waals surface area contributed by atoms with Crippen LogP contribution in [0.15, 0.2) is 24.3 Å². The van der Waals surface area contributed by atoms with Gasteiger partial charge >= 0.3 is 0 Å². The zero-order chi connectivity index (χ0) is 14.3. The van der Waals surface area contributed by atoms with Crippen LogP contribution in [0.5, 0.6) is 0 Å². The molecular weight excluding hydrogens is 264 g/mol. The van der Waals surface area contributed by atoms with E-state index in [0.717, 1.165) is 17.3 Å². The first-order chi connectivity index (χ1) is 9.06. The molecule has 19 heavy (non-hydrogen) atoms. The Morgan fingerprint density at radius 2 is 2.00 bits per heavy atom. The number of hydrogen-bond acceptors (Lipinski definition) is 5. The average Bonchev–Trinajstić information content (AvgIpc) is 2.38. The molecule has 0 aliphatic rings. The van der Waals surface area contributed by atoms with E-state index in [9.17, 15) is 15.0 Å². The van der Waals surface area contributed by atoms with Crippen LogP contribution >= 0.6 is 11.8 Å². The molecule has 4 nitrogen and oxygen atoms in total. The van der Waals surface area contributed by atoms with Crippen molar-refractivity contribution in [1.82, 2.24) is 0 Å². The Morgan fingerprint density at radius 3 is 2.63 bits per heavy atom. The van der Waals surface area contributed by atoms with Gasteiger partial charge in [0.2, 0.25) is 0 Å². The van der Waals surface area contributed by atoms with Crippen LogP contribution in [0.3, 0.4) is 0 Å². The minimum absolute atomic E-state index is 0.0000168. The van der Waals surface area contributed by atoms with Crippen molar-refractivity contribution in [3.63, 3.8) is 0 Å². The molecule has 0 saturated carbocycles. The van der Waals surface area contributed by atoms with E-state index in [1.807, 2.05) is 12.1 Å². The van der Waals surface area contributed by atoms with Crippen LogP contribution in [-0.4, -0.2) is 38.9 Å². The molecule has 0 aromatic heterocycles. The van der Waals surface area contributed by atoms with Gasteiger partial charge in [-0.05, 0) is 24.0 Å². The summed E-state index contributed by atoms with van der Waals surface area (Å²) in [5.41, 5.74) is 1.47. The third kappa shape index (κ3) is 5.32. The van der Waals surface area contributed by atoms with E-state index in [0.29, 0.717) is 24.2 Å². The molecule has 0 amide bonds. The van der Waals surface area contributed by atoms with Gasteiger partial charge in [0.25, 0.3) is 0 Å². The first kappa shape index (κ1) is 16.2. The van der Waals surface area contributed by atoms with Crippen LogP contribution in [0.25, 0.3) is 0 Å². The van der Waals surface area contributed by atoms with Crippen molar-refractivity contribution in [2.75, 3.05) is 12.4 Å².